The summed E-state index contributed by atoms with van der Waals surface area (Å²) in [4.78, 5) is 9.62. The molecule has 6 rings (SSSR count). The first-order valence-corrected chi connectivity index (χ1v) is 11.8. The minimum absolute atomic E-state index is 0.0267. The first-order valence-electron chi connectivity index (χ1n) is 11.8. The average Bonchev–Trinajstić information content (AvgIpc) is 3.38. The summed E-state index contributed by atoms with van der Waals surface area (Å²) in [6.07, 6.45) is 9.53. The fourth-order valence-electron chi connectivity index (χ4n) is 4.60. The van der Waals surface area contributed by atoms with E-state index in [0.717, 1.165) is 18.1 Å². The molecular formula is C25H26F2N6O. The van der Waals surface area contributed by atoms with Gasteiger partial charge in [-0.2, -0.15) is 10.2 Å². The van der Waals surface area contributed by atoms with Crippen LogP contribution in [0.25, 0.3) is 22.3 Å². The standard InChI is InChI=1S/C25H26F2N6O/c1-14(2)32-13-20-23(19-6-3-17(26)10-21(19)27)29-24(30-25(20)31-32)15-7-8-34-22(9-15)16-11-28-33(12-16)18-4-5-18/h3,6,10-15,18,22H,4-5,7-9H2,1-2H3/t15-,22+/m1/s1. The van der Waals surface area contributed by atoms with Crippen molar-refractivity contribution in [1.29, 1.82) is 0 Å². The van der Waals surface area contributed by atoms with Gasteiger partial charge in [0.1, 0.15) is 17.5 Å². The molecule has 0 unspecified atom stereocenters. The normalized spacial score (nSPS) is 21.0. The Morgan fingerprint density at radius 1 is 1.09 bits per heavy atom. The summed E-state index contributed by atoms with van der Waals surface area (Å²) in [7, 11) is 0. The molecule has 4 aromatic rings. The first kappa shape index (κ1) is 21.3. The van der Waals surface area contributed by atoms with E-state index >= 15 is 0 Å². The van der Waals surface area contributed by atoms with Crippen molar-refractivity contribution in [3.8, 4) is 11.3 Å². The summed E-state index contributed by atoms with van der Waals surface area (Å²) < 4.78 is 38.3. The number of nitrogens with zero attached hydrogens (tertiary/aromatic N) is 6. The maximum atomic E-state index is 14.8. The summed E-state index contributed by atoms with van der Waals surface area (Å²) in [6, 6.07) is 4.20. The average molecular weight is 465 g/mol. The molecule has 0 N–H and O–H groups in total. The Hall–Kier alpha value is -3.20. The van der Waals surface area contributed by atoms with Gasteiger partial charge in [-0.25, -0.2) is 18.7 Å². The smallest absolute Gasteiger partial charge is 0.185 e. The van der Waals surface area contributed by atoms with Crippen LogP contribution in [0.1, 0.15) is 75.0 Å². The fraction of sp³-hybridized carbons (Fsp3) is 0.440. The lowest BCUT2D eigenvalue weighted by molar-refractivity contribution is 0.00396. The van der Waals surface area contributed by atoms with Crippen LogP contribution >= 0.6 is 0 Å². The molecule has 7 nitrogen and oxygen atoms in total. The highest BCUT2D eigenvalue weighted by Gasteiger charge is 2.31. The minimum atomic E-state index is -0.652. The van der Waals surface area contributed by atoms with Crippen LogP contribution in [-0.4, -0.2) is 36.1 Å². The van der Waals surface area contributed by atoms with Gasteiger partial charge in [0.05, 0.1) is 29.4 Å². The van der Waals surface area contributed by atoms with Gasteiger partial charge in [0.15, 0.2) is 5.65 Å². The second-order valence-corrected chi connectivity index (χ2v) is 9.56. The molecule has 1 aliphatic heterocycles. The Labute approximate surface area is 195 Å². The molecule has 176 valence electrons. The summed E-state index contributed by atoms with van der Waals surface area (Å²) >= 11 is 0. The Morgan fingerprint density at radius 3 is 2.71 bits per heavy atom. The lowest BCUT2D eigenvalue weighted by Crippen LogP contribution is -2.20. The van der Waals surface area contributed by atoms with Gasteiger partial charge in [-0.3, -0.25) is 9.36 Å². The zero-order valence-electron chi connectivity index (χ0n) is 19.2. The van der Waals surface area contributed by atoms with Crippen molar-refractivity contribution in [2.24, 2.45) is 0 Å². The molecule has 0 amide bonds. The van der Waals surface area contributed by atoms with E-state index in [1.807, 2.05) is 30.9 Å². The Morgan fingerprint density at radius 2 is 1.94 bits per heavy atom. The van der Waals surface area contributed by atoms with Crippen LogP contribution in [-0.2, 0) is 4.74 Å². The summed E-state index contributed by atoms with van der Waals surface area (Å²) in [5, 5.41) is 9.78. The van der Waals surface area contributed by atoms with Gasteiger partial charge >= 0.3 is 0 Å². The highest BCUT2D eigenvalue weighted by molar-refractivity contribution is 5.90. The number of halogens is 2. The van der Waals surface area contributed by atoms with Gasteiger partial charge in [-0.05, 0) is 51.7 Å². The van der Waals surface area contributed by atoms with E-state index < -0.39 is 11.6 Å². The second-order valence-electron chi connectivity index (χ2n) is 9.56. The van der Waals surface area contributed by atoms with Crippen molar-refractivity contribution in [2.45, 2.75) is 63.6 Å². The molecule has 0 spiro atoms. The van der Waals surface area contributed by atoms with Crippen LogP contribution in [0.3, 0.4) is 0 Å². The summed E-state index contributed by atoms with van der Waals surface area (Å²) in [6.45, 7) is 4.61. The molecule has 34 heavy (non-hydrogen) atoms. The Kier molecular flexibility index (Phi) is 5.17. The molecule has 9 heteroatoms. The zero-order chi connectivity index (χ0) is 23.4. The number of ether oxygens (including phenoxy) is 1. The van der Waals surface area contributed by atoms with Crippen molar-refractivity contribution >= 4 is 11.0 Å². The predicted molar refractivity (Wildman–Crippen MR) is 122 cm³/mol. The Balaban J connectivity index is 1.39. The predicted octanol–water partition coefficient (Wildman–Crippen LogP) is 5.52. The molecule has 1 saturated heterocycles. The van der Waals surface area contributed by atoms with E-state index in [9.17, 15) is 8.78 Å². The third-order valence-electron chi connectivity index (χ3n) is 6.69. The molecular weight excluding hydrogens is 438 g/mol. The first-order chi connectivity index (χ1) is 16.5. The number of aromatic nitrogens is 6. The highest BCUT2D eigenvalue weighted by atomic mass is 19.1. The largest absolute Gasteiger partial charge is 0.373 e. The van der Waals surface area contributed by atoms with E-state index in [0.29, 0.717) is 41.6 Å². The number of rotatable bonds is 5. The fourth-order valence-corrected chi connectivity index (χ4v) is 4.60. The van der Waals surface area contributed by atoms with E-state index in [2.05, 4.69) is 16.4 Å². The van der Waals surface area contributed by atoms with Gasteiger partial charge in [0, 0.05) is 48.2 Å². The third kappa shape index (κ3) is 3.87. The van der Waals surface area contributed by atoms with E-state index in [1.165, 1.54) is 25.0 Å². The molecule has 1 aliphatic carbocycles. The molecule has 4 heterocycles. The lowest BCUT2D eigenvalue weighted by Gasteiger charge is -2.28. The van der Waals surface area contributed by atoms with Gasteiger partial charge in [0.25, 0.3) is 0 Å². The molecule has 1 saturated carbocycles. The molecule has 2 fully saturated rings. The SMILES string of the molecule is CC(C)n1cc2c(-c3ccc(F)cc3F)nc([C@@H]3CCO[C@H](c4cnn(C5CC5)c4)C3)nc2n1. The van der Waals surface area contributed by atoms with Gasteiger partial charge in [0.2, 0.25) is 0 Å². The molecule has 2 atom stereocenters. The molecule has 0 bridgehead atoms. The van der Waals surface area contributed by atoms with Crippen molar-refractivity contribution in [2.75, 3.05) is 6.61 Å². The van der Waals surface area contributed by atoms with Crippen LogP contribution in [0.4, 0.5) is 8.78 Å². The summed E-state index contributed by atoms with van der Waals surface area (Å²) in [5.74, 6) is -0.633. The Bertz CT molecular complexity index is 1360. The van der Waals surface area contributed by atoms with Crippen LogP contribution in [0.2, 0.25) is 0 Å². The van der Waals surface area contributed by atoms with Crippen molar-refractivity contribution in [1.82, 2.24) is 29.5 Å². The molecule has 3 aromatic heterocycles. The maximum absolute atomic E-state index is 14.8. The summed E-state index contributed by atoms with van der Waals surface area (Å²) in [5.41, 5.74) is 2.26. The maximum Gasteiger partial charge on any atom is 0.185 e. The number of hydrogen-bond acceptors (Lipinski definition) is 5. The van der Waals surface area contributed by atoms with Crippen molar-refractivity contribution in [3.63, 3.8) is 0 Å². The number of fused-ring (bicyclic) bond motifs is 1. The zero-order valence-corrected chi connectivity index (χ0v) is 19.2. The lowest BCUT2D eigenvalue weighted by atomic mass is 9.92. The second kappa shape index (κ2) is 8.23. The molecule has 1 aromatic carbocycles. The van der Waals surface area contributed by atoms with Gasteiger partial charge in [-0.1, -0.05) is 0 Å². The highest BCUT2D eigenvalue weighted by Crippen LogP contribution is 2.40. The molecule has 0 radical (unpaired) electrons. The van der Waals surface area contributed by atoms with E-state index in [1.54, 1.807) is 4.68 Å². The van der Waals surface area contributed by atoms with E-state index in [-0.39, 0.29) is 23.6 Å². The van der Waals surface area contributed by atoms with Gasteiger partial charge in [-0.15, -0.1) is 0 Å². The van der Waals surface area contributed by atoms with Crippen LogP contribution in [0.15, 0.2) is 36.8 Å². The quantitative estimate of drug-likeness (QED) is 0.389. The number of hydrogen-bond donors (Lipinski definition) is 0. The van der Waals surface area contributed by atoms with Crippen molar-refractivity contribution < 1.29 is 13.5 Å². The topological polar surface area (TPSA) is 70.7 Å². The van der Waals surface area contributed by atoms with Crippen LogP contribution in [0.5, 0.6) is 0 Å². The third-order valence-corrected chi connectivity index (χ3v) is 6.69. The van der Waals surface area contributed by atoms with E-state index in [4.69, 9.17) is 14.7 Å². The monoisotopic (exact) mass is 464 g/mol. The minimum Gasteiger partial charge on any atom is -0.373 e. The molecule has 2 aliphatic rings. The van der Waals surface area contributed by atoms with Gasteiger partial charge < -0.3 is 4.74 Å². The van der Waals surface area contributed by atoms with Crippen LogP contribution in [0, 0.1) is 11.6 Å². The van der Waals surface area contributed by atoms with Crippen molar-refractivity contribution in [3.05, 3.63) is 59.8 Å². The number of benzene rings is 1. The van der Waals surface area contributed by atoms with Crippen LogP contribution < -0.4 is 0 Å².